The molecule has 1 aromatic heterocycles. The molecule has 1 saturated carbocycles. The monoisotopic (exact) mass is 471 g/mol. The highest BCUT2D eigenvalue weighted by Gasteiger charge is 2.28. The first-order chi connectivity index (χ1) is 17.0. The standard InChI is InChI=1S/C28H26FN3O3/c29-24-14-22-25(32(20-8-9-20)17-23(27(22)33)28(34)35)15-26(24)31-12-10-30(11-13-31)16-19-6-3-5-18-4-1-2-7-21(18)19/h1-7,14-15,17,20H,8-13,16H2,(H,34,35). The summed E-state index contributed by atoms with van der Waals surface area (Å²) in [5.74, 6) is -1.76. The van der Waals surface area contributed by atoms with Gasteiger partial charge in [0.15, 0.2) is 0 Å². The van der Waals surface area contributed by atoms with Crippen molar-refractivity contribution in [1.29, 1.82) is 0 Å². The SMILES string of the molecule is O=C(O)c1cn(C2CC2)c2cc(N3CCN(Cc4cccc5ccccc45)CC3)c(F)cc2c1=O. The van der Waals surface area contributed by atoms with Gasteiger partial charge in [0.05, 0.1) is 11.2 Å². The van der Waals surface area contributed by atoms with E-state index in [0.29, 0.717) is 24.3 Å². The Morgan fingerprint density at radius 1 is 0.971 bits per heavy atom. The van der Waals surface area contributed by atoms with E-state index in [2.05, 4.69) is 41.3 Å². The molecule has 2 fully saturated rings. The average molecular weight is 472 g/mol. The number of carboxylic acid groups (broad SMARTS) is 1. The number of hydrogen-bond acceptors (Lipinski definition) is 4. The molecule has 3 aromatic carbocycles. The van der Waals surface area contributed by atoms with E-state index in [1.807, 2.05) is 15.5 Å². The quantitative estimate of drug-likeness (QED) is 0.459. The summed E-state index contributed by atoms with van der Waals surface area (Å²) in [6.07, 6.45) is 3.28. The van der Waals surface area contributed by atoms with Gasteiger partial charge in [-0.1, -0.05) is 42.5 Å². The van der Waals surface area contributed by atoms with E-state index >= 15 is 4.39 Å². The van der Waals surface area contributed by atoms with Crippen LogP contribution < -0.4 is 10.3 Å². The molecule has 2 heterocycles. The van der Waals surface area contributed by atoms with E-state index < -0.39 is 17.2 Å². The molecule has 6 nitrogen and oxygen atoms in total. The third kappa shape index (κ3) is 3.96. The number of pyridine rings is 1. The second-order valence-corrected chi connectivity index (χ2v) is 9.54. The van der Waals surface area contributed by atoms with Crippen LogP contribution in [0.5, 0.6) is 0 Å². The lowest BCUT2D eigenvalue weighted by Crippen LogP contribution is -2.46. The number of aromatic nitrogens is 1. The topological polar surface area (TPSA) is 65.8 Å². The number of halogens is 1. The lowest BCUT2D eigenvalue weighted by atomic mass is 10.0. The van der Waals surface area contributed by atoms with Gasteiger partial charge in [0, 0.05) is 50.3 Å². The lowest BCUT2D eigenvalue weighted by molar-refractivity contribution is 0.0695. The van der Waals surface area contributed by atoms with Gasteiger partial charge in [-0.25, -0.2) is 9.18 Å². The van der Waals surface area contributed by atoms with Gasteiger partial charge in [-0.3, -0.25) is 9.69 Å². The first kappa shape index (κ1) is 21.8. The van der Waals surface area contributed by atoms with Crippen LogP contribution in [0.15, 0.2) is 65.6 Å². The highest BCUT2D eigenvalue weighted by atomic mass is 19.1. The van der Waals surface area contributed by atoms with Gasteiger partial charge in [0.1, 0.15) is 11.4 Å². The van der Waals surface area contributed by atoms with Gasteiger partial charge in [-0.15, -0.1) is 0 Å². The molecule has 0 spiro atoms. The summed E-state index contributed by atoms with van der Waals surface area (Å²) in [6.45, 7) is 3.79. The van der Waals surface area contributed by atoms with Gasteiger partial charge >= 0.3 is 5.97 Å². The highest BCUT2D eigenvalue weighted by Crippen LogP contribution is 2.38. The van der Waals surface area contributed by atoms with E-state index in [9.17, 15) is 14.7 Å². The molecule has 0 bridgehead atoms. The van der Waals surface area contributed by atoms with Crippen molar-refractivity contribution in [3.8, 4) is 0 Å². The summed E-state index contributed by atoms with van der Waals surface area (Å²) in [5.41, 5.74) is 1.43. The Morgan fingerprint density at radius 3 is 2.46 bits per heavy atom. The lowest BCUT2D eigenvalue weighted by Gasteiger charge is -2.36. The smallest absolute Gasteiger partial charge is 0.341 e. The molecule has 2 aliphatic rings. The van der Waals surface area contributed by atoms with Crippen LogP contribution in [-0.2, 0) is 6.54 Å². The number of fused-ring (bicyclic) bond motifs is 2. The third-order valence-corrected chi connectivity index (χ3v) is 7.26. The van der Waals surface area contributed by atoms with Crippen molar-refractivity contribution in [2.45, 2.75) is 25.4 Å². The Kier molecular flexibility index (Phi) is 5.29. The van der Waals surface area contributed by atoms with Crippen LogP contribution in [-0.4, -0.2) is 46.7 Å². The molecule has 1 aliphatic carbocycles. The zero-order valence-corrected chi connectivity index (χ0v) is 19.3. The summed E-state index contributed by atoms with van der Waals surface area (Å²) < 4.78 is 17.1. The number of carbonyl (C=O) groups is 1. The van der Waals surface area contributed by atoms with Crippen LogP contribution in [0.25, 0.3) is 21.7 Å². The number of piperazine rings is 1. The van der Waals surface area contributed by atoms with E-state index in [1.165, 1.54) is 28.6 Å². The Bertz CT molecular complexity index is 1510. The predicted octanol–water partition coefficient (Wildman–Crippen LogP) is 4.65. The van der Waals surface area contributed by atoms with Gasteiger partial charge in [-0.2, -0.15) is 0 Å². The predicted molar refractivity (Wildman–Crippen MR) is 135 cm³/mol. The minimum Gasteiger partial charge on any atom is -0.477 e. The van der Waals surface area contributed by atoms with Crippen molar-refractivity contribution in [3.05, 3.63) is 88.0 Å². The van der Waals surface area contributed by atoms with Crippen molar-refractivity contribution >= 4 is 33.3 Å². The molecule has 6 rings (SSSR count). The summed E-state index contributed by atoms with van der Waals surface area (Å²) in [5, 5.41) is 12.1. The Balaban J connectivity index is 1.27. The van der Waals surface area contributed by atoms with Gasteiger partial charge < -0.3 is 14.6 Å². The number of carboxylic acids is 1. The minimum absolute atomic E-state index is 0.132. The first-order valence-electron chi connectivity index (χ1n) is 12.1. The van der Waals surface area contributed by atoms with Crippen LogP contribution in [0.2, 0.25) is 0 Å². The molecule has 7 heteroatoms. The molecule has 4 aromatic rings. The van der Waals surface area contributed by atoms with Crippen LogP contribution in [0.3, 0.4) is 0 Å². The third-order valence-electron chi connectivity index (χ3n) is 7.26. The van der Waals surface area contributed by atoms with E-state index in [0.717, 1.165) is 32.5 Å². The fraction of sp³-hybridized carbons (Fsp3) is 0.286. The molecule has 0 atom stereocenters. The summed E-state index contributed by atoms with van der Waals surface area (Å²) in [6, 6.07) is 17.9. The molecule has 178 valence electrons. The van der Waals surface area contributed by atoms with E-state index in [1.54, 1.807) is 6.07 Å². The molecular formula is C28H26FN3O3. The van der Waals surface area contributed by atoms with Crippen LogP contribution in [0.1, 0.15) is 34.8 Å². The van der Waals surface area contributed by atoms with Crippen LogP contribution in [0, 0.1) is 5.82 Å². The number of anilines is 1. The Morgan fingerprint density at radius 2 is 1.71 bits per heavy atom. The zero-order chi connectivity index (χ0) is 24.1. The largest absolute Gasteiger partial charge is 0.477 e. The van der Waals surface area contributed by atoms with E-state index in [-0.39, 0.29) is 17.0 Å². The fourth-order valence-corrected chi connectivity index (χ4v) is 5.23. The zero-order valence-electron chi connectivity index (χ0n) is 19.3. The summed E-state index contributed by atoms with van der Waals surface area (Å²) in [7, 11) is 0. The van der Waals surface area contributed by atoms with Crippen molar-refractivity contribution in [3.63, 3.8) is 0 Å². The molecule has 1 N–H and O–H groups in total. The van der Waals surface area contributed by atoms with Crippen molar-refractivity contribution < 1.29 is 14.3 Å². The maximum atomic E-state index is 15.2. The van der Waals surface area contributed by atoms with Crippen molar-refractivity contribution in [1.82, 2.24) is 9.47 Å². The van der Waals surface area contributed by atoms with Gasteiger partial charge in [-0.05, 0) is 41.3 Å². The number of benzene rings is 3. The normalized spacial score (nSPS) is 16.8. The highest BCUT2D eigenvalue weighted by molar-refractivity contribution is 5.93. The number of rotatable bonds is 5. The Hall–Kier alpha value is -3.71. The van der Waals surface area contributed by atoms with E-state index in [4.69, 9.17) is 0 Å². The minimum atomic E-state index is -1.28. The number of hydrogen-bond donors (Lipinski definition) is 1. The maximum absolute atomic E-state index is 15.2. The van der Waals surface area contributed by atoms with Crippen LogP contribution >= 0.6 is 0 Å². The summed E-state index contributed by atoms with van der Waals surface area (Å²) >= 11 is 0. The molecule has 0 unspecified atom stereocenters. The van der Waals surface area contributed by atoms with Gasteiger partial charge in [0.2, 0.25) is 5.43 Å². The molecule has 0 radical (unpaired) electrons. The summed E-state index contributed by atoms with van der Waals surface area (Å²) in [4.78, 5) is 28.7. The second-order valence-electron chi connectivity index (χ2n) is 9.54. The van der Waals surface area contributed by atoms with Crippen molar-refractivity contribution in [2.24, 2.45) is 0 Å². The maximum Gasteiger partial charge on any atom is 0.341 e. The molecule has 1 saturated heterocycles. The fourth-order valence-electron chi connectivity index (χ4n) is 5.23. The molecular weight excluding hydrogens is 445 g/mol. The molecule has 35 heavy (non-hydrogen) atoms. The molecule has 1 aliphatic heterocycles. The average Bonchev–Trinajstić information content (AvgIpc) is 3.70. The molecule has 0 amide bonds. The Labute approximate surface area is 201 Å². The van der Waals surface area contributed by atoms with Crippen molar-refractivity contribution in [2.75, 3.05) is 31.1 Å². The second kappa shape index (κ2) is 8.50. The number of nitrogens with zero attached hydrogens (tertiary/aromatic N) is 3. The first-order valence-corrected chi connectivity index (χ1v) is 12.1. The van der Waals surface area contributed by atoms with Crippen LogP contribution in [0.4, 0.5) is 10.1 Å². The number of aromatic carboxylic acids is 1. The van der Waals surface area contributed by atoms with Gasteiger partial charge in [0.25, 0.3) is 0 Å².